The maximum absolute atomic E-state index is 11.8. The third-order valence-electron chi connectivity index (χ3n) is 2.46. The van der Waals surface area contributed by atoms with Crippen LogP contribution in [-0.2, 0) is 14.3 Å². The van der Waals surface area contributed by atoms with Gasteiger partial charge in [0.05, 0.1) is 13.7 Å². The van der Waals surface area contributed by atoms with Gasteiger partial charge < -0.3 is 25.2 Å². The average Bonchev–Trinajstić information content (AvgIpc) is 2.32. The molecule has 0 saturated heterocycles. The molecule has 0 spiro atoms. The molecule has 0 bridgehead atoms. The van der Waals surface area contributed by atoms with Crippen molar-refractivity contribution in [2.24, 2.45) is 0 Å². The largest absolute Gasteiger partial charge is 0.479 e. The summed E-state index contributed by atoms with van der Waals surface area (Å²) in [5, 5.41) is 20.4. The lowest BCUT2D eigenvalue weighted by Crippen LogP contribution is -2.52. The van der Waals surface area contributed by atoms with Crippen LogP contribution in [0.4, 0.5) is 4.79 Å². The monoisotopic (exact) mass is 276 g/mol. The van der Waals surface area contributed by atoms with E-state index in [1.807, 2.05) is 0 Å². The number of urea groups is 1. The Morgan fingerprint density at radius 1 is 1.37 bits per heavy atom. The van der Waals surface area contributed by atoms with Gasteiger partial charge in [0.25, 0.3) is 0 Å². The zero-order chi connectivity index (χ0) is 15.2. The summed E-state index contributed by atoms with van der Waals surface area (Å²) in [5.74, 6) is -2.04. The first-order chi connectivity index (χ1) is 8.61. The van der Waals surface area contributed by atoms with E-state index in [1.54, 1.807) is 13.8 Å². The smallest absolute Gasteiger partial charge is 0.337 e. The number of aliphatic hydroxyl groups is 1. The molecule has 2 amide bonds. The Morgan fingerprint density at radius 2 is 1.89 bits per heavy atom. The van der Waals surface area contributed by atoms with Gasteiger partial charge in [-0.05, 0) is 20.8 Å². The lowest BCUT2D eigenvalue weighted by molar-refractivity contribution is -0.155. The number of hydrogen-bond donors (Lipinski definition) is 3. The van der Waals surface area contributed by atoms with Crippen molar-refractivity contribution in [3.8, 4) is 0 Å². The van der Waals surface area contributed by atoms with Gasteiger partial charge in [-0.2, -0.15) is 0 Å². The molecule has 1 atom stereocenters. The molecule has 0 aromatic carbocycles. The van der Waals surface area contributed by atoms with Crippen molar-refractivity contribution >= 4 is 18.0 Å². The Labute approximate surface area is 111 Å². The van der Waals surface area contributed by atoms with E-state index < -0.39 is 30.1 Å². The molecule has 8 heteroatoms. The zero-order valence-corrected chi connectivity index (χ0v) is 11.5. The van der Waals surface area contributed by atoms with Crippen LogP contribution in [0.2, 0.25) is 0 Å². The minimum Gasteiger partial charge on any atom is -0.479 e. The fourth-order valence-electron chi connectivity index (χ4n) is 1.12. The summed E-state index contributed by atoms with van der Waals surface area (Å²) < 4.78 is 4.46. The Balaban J connectivity index is 4.59. The number of esters is 1. The standard InChI is InChI=1S/C11H20N2O6/c1-7(2)13(5-8(14)19-4)10(17)12-6-11(3,18)9(15)16/h7,18H,5-6H2,1-4H3,(H,12,17)(H,15,16). The van der Waals surface area contributed by atoms with Crippen LogP contribution in [0.15, 0.2) is 0 Å². The number of methoxy groups -OCH3 is 1. The summed E-state index contributed by atoms with van der Waals surface area (Å²) in [7, 11) is 1.20. The van der Waals surface area contributed by atoms with Crippen LogP contribution >= 0.6 is 0 Å². The molecule has 1 unspecified atom stereocenters. The molecule has 0 saturated carbocycles. The van der Waals surface area contributed by atoms with Gasteiger partial charge in [0.2, 0.25) is 0 Å². The van der Waals surface area contributed by atoms with Crippen molar-refractivity contribution < 1.29 is 29.3 Å². The van der Waals surface area contributed by atoms with Gasteiger partial charge >= 0.3 is 18.0 Å². The van der Waals surface area contributed by atoms with Crippen LogP contribution in [0.1, 0.15) is 20.8 Å². The second-order valence-electron chi connectivity index (χ2n) is 4.54. The lowest BCUT2D eigenvalue weighted by Gasteiger charge is -2.27. The molecule has 0 aliphatic heterocycles. The van der Waals surface area contributed by atoms with Crippen LogP contribution in [0.3, 0.4) is 0 Å². The van der Waals surface area contributed by atoms with E-state index in [1.165, 1.54) is 12.0 Å². The summed E-state index contributed by atoms with van der Waals surface area (Å²) in [4.78, 5) is 34.8. The SMILES string of the molecule is COC(=O)CN(C(=O)NCC(C)(O)C(=O)O)C(C)C. The summed E-state index contributed by atoms with van der Waals surface area (Å²) in [6, 6.07) is -0.934. The second kappa shape index (κ2) is 6.93. The highest BCUT2D eigenvalue weighted by molar-refractivity contribution is 5.82. The first-order valence-electron chi connectivity index (χ1n) is 5.69. The number of ether oxygens (including phenoxy) is 1. The Bertz CT molecular complexity index is 353. The Morgan fingerprint density at radius 3 is 2.26 bits per heavy atom. The number of carbonyl (C=O) groups excluding carboxylic acids is 2. The van der Waals surface area contributed by atoms with Gasteiger partial charge in [0.1, 0.15) is 6.54 Å². The molecule has 3 N–H and O–H groups in total. The summed E-state index contributed by atoms with van der Waals surface area (Å²) in [5.41, 5.74) is -2.07. The molecule has 0 aromatic heterocycles. The van der Waals surface area contributed by atoms with Crippen LogP contribution in [-0.4, -0.2) is 64.9 Å². The minimum absolute atomic E-state index is 0.255. The van der Waals surface area contributed by atoms with Crippen molar-refractivity contribution in [2.45, 2.75) is 32.4 Å². The minimum atomic E-state index is -2.07. The van der Waals surface area contributed by atoms with Crippen LogP contribution in [0.5, 0.6) is 0 Å². The quantitative estimate of drug-likeness (QED) is 0.559. The second-order valence-corrected chi connectivity index (χ2v) is 4.54. The average molecular weight is 276 g/mol. The van der Waals surface area contributed by atoms with Gasteiger partial charge in [-0.15, -0.1) is 0 Å². The predicted molar refractivity (Wildman–Crippen MR) is 65.5 cm³/mol. The molecule has 0 aliphatic carbocycles. The van der Waals surface area contributed by atoms with Crippen molar-refractivity contribution in [1.82, 2.24) is 10.2 Å². The third-order valence-corrected chi connectivity index (χ3v) is 2.46. The molecule has 19 heavy (non-hydrogen) atoms. The highest BCUT2D eigenvalue weighted by Crippen LogP contribution is 2.03. The number of carboxylic acid groups (broad SMARTS) is 1. The number of carbonyl (C=O) groups is 3. The Hall–Kier alpha value is -1.83. The van der Waals surface area contributed by atoms with Gasteiger partial charge in [-0.1, -0.05) is 0 Å². The number of nitrogens with zero attached hydrogens (tertiary/aromatic N) is 1. The van der Waals surface area contributed by atoms with Crippen molar-refractivity contribution in [3.63, 3.8) is 0 Å². The molecule has 0 rings (SSSR count). The first kappa shape index (κ1) is 17.2. The van der Waals surface area contributed by atoms with Gasteiger partial charge in [-0.3, -0.25) is 4.79 Å². The number of aliphatic carboxylic acids is 1. The Kier molecular flexibility index (Phi) is 6.26. The normalized spacial score (nSPS) is 13.6. The van der Waals surface area contributed by atoms with Crippen LogP contribution < -0.4 is 5.32 Å². The van der Waals surface area contributed by atoms with Gasteiger partial charge in [-0.25, -0.2) is 9.59 Å². The molecule has 0 heterocycles. The molecule has 110 valence electrons. The molecule has 0 radical (unpaired) electrons. The highest BCUT2D eigenvalue weighted by Gasteiger charge is 2.31. The third kappa shape index (κ3) is 5.56. The fraction of sp³-hybridized carbons (Fsp3) is 0.727. The van der Waals surface area contributed by atoms with Crippen molar-refractivity contribution in [1.29, 1.82) is 0 Å². The molecule has 0 aromatic rings. The molecular weight excluding hydrogens is 256 g/mol. The van der Waals surface area contributed by atoms with E-state index >= 15 is 0 Å². The molecule has 8 nitrogen and oxygen atoms in total. The predicted octanol–water partition coefficient (Wildman–Crippen LogP) is -0.585. The number of rotatable bonds is 6. The number of nitrogens with one attached hydrogen (secondary N) is 1. The summed E-state index contributed by atoms with van der Waals surface area (Å²) in [6.45, 7) is 3.73. The van der Waals surface area contributed by atoms with Crippen molar-refractivity contribution in [2.75, 3.05) is 20.2 Å². The van der Waals surface area contributed by atoms with Crippen LogP contribution in [0.25, 0.3) is 0 Å². The van der Waals surface area contributed by atoms with E-state index in [2.05, 4.69) is 10.1 Å². The van der Waals surface area contributed by atoms with Crippen molar-refractivity contribution in [3.05, 3.63) is 0 Å². The van der Waals surface area contributed by atoms with E-state index in [0.717, 1.165) is 6.92 Å². The zero-order valence-electron chi connectivity index (χ0n) is 11.5. The molecule has 0 fully saturated rings. The topological polar surface area (TPSA) is 116 Å². The number of amides is 2. The number of carboxylic acids is 1. The lowest BCUT2D eigenvalue weighted by atomic mass is 10.1. The maximum atomic E-state index is 11.8. The fourth-order valence-corrected chi connectivity index (χ4v) is 1.12. The first-order valence-corrected chi connectivity index (χ1v) is 5.69. The van der Waals surface area contributed by atoms with E-state index in [9.17, 15) is 19.5 Å². The molecular formula is C11H20N2O6. The van der Waals surface area contributed by atoms with Gasteiger partial charge in [0, 0.05) is 6.04 Å². The molecule has 0 aliphatic rings. The van der Waals surface area contributed by atoms with Crippen LogP contribution in [0, 0.1) is 0 Å². The van der Waals surface area contributed by atoms with E-state index in [-0.39, 0.29) is 12.6 Å². The highest BCUT2D eigenvalue weighted by atomic mass is 16.5. The van der Waals surface area contributed by atoms with Gasteiger partial charge in [0.15, 0.2) is 5.60 Å². The van der Waals surface area contributed by atoms with E-state index in [0.29, 0.717) is 0 Å². The van der Waals surface area contributed by atoms with E-state index in [4.69, 9.17) is 5.11 Å². The number of hydrogen-bond acceptors (Lipinski definition) is 5. The summed E-state index contributed by atoms with van der Waals surface area (Å²) >= 11 is 0. The maximum Gasteiger partial charge on any atom is 0.337 e. The summed E-state index contributed by atoms with van der Waals surface area (Å²) in [6.07, 6.45) is 0.